The van der Waals surface area contributed by atoms with Gasteiger partial charge in [-0.15, -0.1) is 0 Å². The SMILES string of the molecule is Cc1ccccc1CCc1nn(C(C)C)cc1C. The summed E-state index contributed by atoms with van der Waals surface area (Å²) in [5.41, 5.74) is 5.33. The molecule has 0 atom stereocenters. The summed E-state index contributed by atoms with van der Waals surface area (Å²) in [5.74, 6) is 0. The molecule has 0 fully saturated rings. The Balaban J connectivity index is 2.09. The van der Waals surface area contributed by atoms with Crippen LogP contribution in [0.2, 0.25) is 0 Å². The molecular formula is C16H22N2. The molecule has 96 valence electrons. The van der Waals surface area contributed by atoms with E-state index in [1.807, 2.05) is 0 Å². The lowest BCUT2D eigenvalue weighted by Crippen LogP contribution is -2.02. The number of aromatic nitrogens is 2. The fourth-order valence-electron chi connectivity index (χ4n) is 2.18. The molecule has 1 heterocycles. The molecule has 2 heteroatoms. The van der Waals surface area contributed by atoms with Crippen molar-refractivity contribution in [2.75, 3.05) is 0 Å². The molecule has 0 bridgehead atoms. The van der Waals surface area contributed by atoms with Gasteiger partial charge in [0.25, 0.3) is 0 Å². The van der Waals surface area contributed by atoms with Gasteiger partial charge in [0.15, 0.2) is 0 Å². The van der Waals surface area contributed by atoms with Gasteiger partial charge in [-0.2, -0.15) is 5.10 Å². The molecule has 0 aliphatic rings. The van der Waals surface area contributed by atoms with Crippen molar-refractivity contribution < 1.29 is 0 Å². The Kier molecular flexibility index (Phi) is 3.85. The second kappa shape index (κ2) is 5.38. The van der Waals surface area contributed by atoms with Crippen molar-refractivity contribution in [1.29, 1.82) is 0 Å². The van der Waals surface area contributed by atoms with E-state index in [2.05, 4.69) is 67.9 Å². The average Bonchev–Trinajstić information content (AvgIpc) is 2.70. The van der Waals surface area contributed by atoms with Crippen LogP contribution in [0.15, 0.2) is 30.5 Å². The highest BCUT2D eigenvalue weighted by atomic mass is 15.3. The Morgan fingerprint density at radius 3 is 2.39 bits per heavy atom. The van der Waals surface area contributed by atoms with Crippen LogP contribution in [0.1, 0.15) is 42.3 Å². The lowest BCUT2D eigenvalue weighted by molar-refractivity contribution is 0.526. The number of rotatable bonds is 4. The molecule has 0 saturated carbocycles. The third kappa shape index (κ3) is 2.81. The predicted molar refractivity (Wildman–Crippen MR) is 75.9 cm³/mol. The Hall–Kier alpha value is -1.57. The van der Waals surface area contributed by atoms with E-state index in [-0.39, 0.29) is 0 Å². The molecule has 0 radical (unpaired) electrons. The number of benzene rings is 1. The molecule has 0 spiro atoms. The van der Waals surface area contributed by atoms with E-state index < -0.39 is 0 Å². The summed E-state index contributed by atoms with van der Waals surface area (Å²) in [4.78, 5) is 0. The first kappa shape index (κ1) is 12.9. The minimum absolute atomic E-state index is 0.441. The van der Waals surface area contributed by atoms with Crippen LogP contribution in [0.25, 0.3) is 0 Å². The molecule has 1 aromatic heterocycles. The Morgan fingerprint density at radius 1 is 1.06 bits per heavy atom. The largest absolute Gasteiger partial charge is 0.270 e. The smallest absolute Gasteiger partial charge is 0.0657 e. The summed E-state index contributed by atoms with van der Waals surface area (Å²) in [6.45, 7) is 8.66. The summed E-state index contributed by atoms with van der Waals surface area (Å²) in [6.07, 6.45) is 4.25. The highest BCUT2D eigenvalue weighted by Gasteiger charge is 2.08. The number of hydrogen-bond acceptors (Lipinski definition) is 1. The van der Waals surface area contributed by atoms with Crippen molar-refractivity contribution in [2.45, 2.75) is 46.6 Å². The van der Waals surface area contributed by atoms with Crippen molar-refractivity contribution in [1.82, 2.24) is 9.78 Å². The van der Waals surface area contributed by atoms with Gasteiger partial charge in [0.05, 0.1) is 5.69 Å². The summed E-state index contributed by atoms with van der Waals surface area (Å²) >= 11 is 0. The highest BCUT2D eigenvalue weighted by Crippen LogP contribution is 2.15. The molecule has 0 amide bonds. The Labute approximate surface area is 110 Å². The van der Waals surface area contributed by atoms with Gasteiger partial charge in [-0.05, 0) is 57.2 Å². The van der Waals surface area contributed by atoms with Gasteiger partial charge in [-0.3, -0.25) is 4.68 Å². The molecule has 0 aliphatic heterocycles. The third-order valence-electron chi connectivity index (χ3n) is 3.44. The minimum Gasteiger partial charge on any atom is -0.270 e. The molecule has 0 saturated heterocycles. The molecule has 2 aromatic rings. The maximum atomic E-state index is 4.67. The molecule has 18 heavy (non-hydrogen) atoms. The number of hydrogen-bond donors (Lipinski definition) is 0. The highest BCUT2D eigenvalue weighted by molar-refractivity contribution is 5.27. The summed E-state index contributed by atoms with van der Waals surface area (Å²) < 4.78 is 2.06. The van der Waals surface area contributed by atoms with Crippen LogP contribution in [0.5, 0.6) is 0 Å². The van der Waals surface area contributed by atoms with Crippen LogP contribution in [0.4, 0.5) is 0 Å². The Bertz CT molecular complexity index is 524. The van der Waals surface area contributed by atoms with Crippen LogP contribution in [0, 0.1) is 13.8 Å². The molecular weight excluding hydrogens is 220 g/mol. The van der Waals surface area contributed by atoms with Crippen LogP contribution >= 0.6 is 0 Å². The van der Waals surface area contributed by atoms with Gasteiger partial charge in [0, 0.05) is 12.2 Å². The van der Waals surface area contributed by atoms with Gasteiger partial charge in [-0.25, -0.2) is 0 Å². The van der Waals surface area contributed by atoms with Crippen molar-refractivity contribution >= 4 is 0 Å². The van der Waals surface area contributed by atoms with E-state index in [0.717, 1.165) is 12.8 Å². The summed E-state index contributed by atoms with van der Waals surface area (Å²) in [7, 11) is 0. The van der Waals surface area contributed by atoms with Gasteiger partial charge >= 0.3 is 0 Å². The first-order valence-electron chi connectivity index (χ1n) is 6.67. The summed E-state index contributed by atoms with van der Waals surface area (Å²) in [6, 6.07) is 9.04. The second-order valence-corrected chi connectivity index (χ2v) is 5.26. The quantitative estimate of drug-likeness (QED) is 0.796. The fourth-order valence-corrected chi connectivity index (χ4v) is 2.18. The van der Waals surface area contributed by atoms with Gasteiger partial charge in [0.1, 0.15) is 0 Å². The first-order chi connectivity index (χ1) is 8.58. The van der Waals surface area contributed by atoms with E-state index in [9.17, 15) is 0 Å². The Morgan fingerprint density at radius 2 is 1.78 bits per heavy atom. The molecule has 0 unspecified atom stereocenters. The van der Waals surface area contributed by atoms with Crippen molar-refractivity contribution in [3.63, 3.8) is 0 Å². The van der Waals surface area contributed by atoms with Crippen LogP contribution in [-0.2, 0) is 12.8 Å². The van der Waals surface area contributed by atoms with Crippen LogP contribution in [0.3, 0.4) is 0 Å². The fraction of sp³-hybridized carbons (Fsp3) is 0.438. The third-order valence-corrected chi connectivity index (χ3v) is 3.44. The zero-order valence-electron chi connectivity index (χ0n) is 11.8. The van der Waals surface area contributed by atoms with E-state index in [4.69, 9.17) is 0 Å². The van der Waals surface area contributed by atoms with Crippen LogP contribution in [-0.4, -0.2) is 9.78 Å². The predicted octanol–water partition coefficient (Wildman–Crippen LogP) is 3.87. The zero-order valence-corrected chi connectivity index (χ0v) is 11.8. The lowest BCUT2D eigenvalue weighted by atomic mass is 10.0. The van der Waals surface area contributed by atoms with Crippen molar-refractivity contribution in [2.24, 2.45) is 0 Å². The van der Waals surface area contributed by atoms with E-state index in [1.54, 1.807) is 0 Å². The van der Waals surface area contributed by atoms with E-state index in [0.29, 0.717) is 6.04 Å². The summed E-state index contributed by atoms with van der Waals surface area (Å²) in [5, 5.41) is 4.67. The van der Waals surface area contributed by atoms with Gasteiger partial charge in [-0.1, -0.05) is 24.3 Å². The first-order valence-corrected chi connectivity index (χ1v) is 6.67. The monoisotopic (exact) mass is 242 g/mol. The maximum Gasteiger partial charge on any atom is 0.0657 e. The van der Waals surface area contributed by atoms with Gasteiger partial charge < -0.3 is 0 Å². The lowest BCUT2D eigenvalue weighted by Gasteiger charge is -2.05. The van der Waals surface area contributed by atoms with Crippen molar-refractivity contribution in [3.8, 4) is 0 Å². The van der Waals surface area contributed by atoms with E-state index >= 15 is 0 Å². The topological polar surface area (TPSA) is 17.8 Å². The molecule has 1 aromatic carbocycles. The normalized spacial score (nSPS) is 11.2. The number of aryl methyl sites for hydroxylation is 4. The van der Waals surface area contributed by atoms with Gasteiger partial charge in [0.2, 0.25) is 0 Å². The number of nitrogens with zero attached hydrogens (tertiary/aromatic N) is 2. The van der Waals surface area contributed by atoms with Crippen LogP contribution < -0.4 is 0 Å². The average molecular weight is 242 g/mol. The second-order valence-electron chi connectivity index (χ2n) is 5.26. The standard InChI is InChI=1S/C16H22N2/c1-12(2)18-11-14(4)16(17-18)10-9-15-8-6-5-7-13(15)3/h5-8,11-12H,9-10H2,1-4H3. The maximum absolute atomic E-state index is 4.67. The van der Waals surface area contributed by atoms with E-state index in [1.165, 1.54) is 22.4 Å². The zero-order chi connectivity index (χ0) is 13.1. The molecule has 0 aliphatic carbocycles. The minimum atomic E-state index is 0.441. The molecule has 0 N–H and O–H groups in total. The molecule has 2 rings (SSSR count). The van der Waals surface area contributed by atoms with Crippen molar-refractivity contribution in [3.05, 3.63) is 52.8 Å². The molecule has 2 nitrogen and oxygen atoms in total.